The van der Waals surface area contributed by atoms with Gasteiger partial charge in [0.25, 0.3) is 5.69 Å². The molecule has 0 heterocycles. The van der Waals surface area contributed by atoms with Gasteiger partial charge in [0.05, 0.1) is 4.92 Å². The summed E-state index contributed by atoms with van der Waals surface area (Å²) in [4.78, 5) is 10.8. The Morgan fingerprint density at radius 3 is 2.63 bits per heavy atom. The quantitative estimate of drug-likeness (QED) is 0.602. The van der Waals surface area contributed by atoms with E-state index in [2.05, 4.69) is 22.9 Å². The van der Waals surface area contributed by atoms with Crippen molar-refractivity contribution in [3.63, 3.8) is 0 Å². The smallest absolute Gasteiger partial charge is 0.273 e. The Morgan fingerprint density at radius 2 is 2.11 bits per heavy atom. The summed E-state index contributed by atoms with van der Waals surface area (Å²) in [5, 5.41) is 11.1. The topological polar surface area (TPSA) is 69.2 Å². The minimum absolute atomic E-state index is 0.147. The molecule has 0 saturated carbocycles. The van der Waals surface area contributed by atoms with Gasteiger partial charge in [0.2, 0.25) is 0 Å². The van der Waals surface area contributed by atoms with Gasteiger partial charge in [-0.05, 0) is 25.3 Å². The number of nitro groups is 1. The molecule has 0 fully saturated rings. The van der Waals surface area contributed by atoms with E-state index in [0.717, 1.165) is 30.2 Å². The van der Waals surface area contributed by atoms with E-state index in [1.54, 1.807) is 12.1 Å². The standard InChI is InChI=1S/C14H21BrN2O2/c1-3-5-8-14(16,4-2)10-11-6-7-12(15)9-13(11)17(18)19/h6-7,9H,3-5,8,10,16H2,1-2H3. The van der Waals surface area contributed by atoms with Crippen molar-refractivity contribution in [3.8, 4) is 0 Å². The van der Waals surface area contributed by atoms with Crippen LogP contribution in [0.4, 0.5) is 5.69 Å². The van der Waals surface area contributed by atoms with E-state index in [9.17, 15) is 10.1 Å². The molecule has 106 valence electrons. The van der Waals surface area contributed by atoms with Gasteiger partial charge in [-0.15, -0.1) is 0 Å². The fourth-order valence-electron chi connectivity index (χ4n) is 2.15. The van der Waals surface area contributed by atoms with Crippen molar-refractivity contribution in [1.29, 1.82) is 0 Å². The lowest BCUT2D eigenvalue weighted by molar-refractivity contribution is -0.385. The zero-order valence-electron chi connectivity index (χ0n) is 11.5. The summed E-state index contributed by atoms with van der Waals surface area (Å²) in [6.45, 7) is 4.17. The second-order valence-corrected chi connectivity index (χ2v) is 5.94. The molecule has 0 amide bonds. The van der Waals surface area contributed by atoms with Crippen LogP contribution in [-0.4, -0.2) is 10.5 Å². The van der Waals surface area contributed by atoms with Gasteiger partial charge < -0.3 is 5.73 Å². The van der Waals surface area contributed by atoms with E-state index in [1.807, 2.05) is 13.0 Å². The van der Waals surface area contributed by atoms with Crippen LogP contribution in [0.25, 0.3) is 0 Å². The molecule has 5 heteroatoms. The summed E-state index contributed by atoms with van der Waals surface area (Å²) >= 11 is 3.27. The number of nitrogens with two attached hydrogens (primary N) is 1. The molecule has 1 rings (SSSR count). The zero-order valence-corrected chi connectivity index (χ0v) is 13.1. The second kappa shape index (κ2) is 7.01. The van der Waals surface area contributed by atoms with Gasteiger partial charge in [0.1, 0.15) is 0 Å². The predicted octanol–water partition coefficient (Wildman–Crippen LogP) is 4.20. The molecule has 19 heavy (non-hydrogen) atoms. The third-order valence-electron chi connectivity index (χ3n) is 3.52. The summed E-state index contributed by atoms with van der Waals surface area (Å²) in [5.74, 6) is 0. The van der Waals surface area contributed by atoms with E-state index >= 15 is 0 Å². The molecule has 0 aliphatic heterocycles. The number of hydrogen-bond acceptors (Lipinski definition) is 3. The monoisotopic (exact) mass is 328 g/mol. The van der Waals surface area contributed by atoms with E-state index in [0.29, 0.717) is 12.0 Å². The molecule has 1 aromatic carbocycles. The molecule has 0 aliphatic carbocycles. The zero-order chi connectivity index (χ0) is 14.5. The van der Waals surface area contributed by atoms with Crippen LogP contribution >= 0.6 is 15.9 Å². The lowest BCUT2D eigenvalue weighted by atomic mass is 9.84. The highest BCUT2D eigenvalue weighted by atomic mass is 79.9. The van der Waals surface area contributed by atoms with Crippen LogP contribution in [0.1, 0.15) is 45.1 Å². The molecule has 1 atom stereocenters. The second-order valence-electron chi connectivity index (χ2n) is 5.03. The normalized spacial score (nSPS) is 14.1. The summed E-state index contributed by atoms with van der Waals surface area (Å²) in [6, 6.07) is 5.18. The van der Waals surface area contributed by atoms with E-state index < -0.39 is 0 Å². The molecule has 4 nitrogen and oxygen atoms in total. The summed E-state index contributed by atoms with van der Waals surface area (Å²) in [5.41, 5.74) is 6.90. The van der Waals surface area contributed by atoms with Crippen molar-refractivity contribution in [1.82, 2.24) is 0 Å². The Bertz CT molecular complexity index is 451. The van der Waals surface area contributed by atoms with Crippen LogP contribution in [0.2, 0.25) is 0 Å². The highest BCUT2D eigenvalue weighted by molar-refractivity contribution is 9.10. The van der Waals surface area contributed by atoms with E-state index in [4.69, 9.17) is 5.73 Å². The molecule has 1 aromatic rings. The molecule has 0 aromatic heterocycles. The Balaban J connectivity index is 2.99. The van der Waals surface area contributed by atoms with Crippen LogP contribution in [-0.2, 0) is 6.42 Å². The number of halogens is 1. The van der Waals surface area contributed by atoms with Gasteiger partial charge in [0, 0.05) is 21.6 Å². The Hall–Kier alpha value is -0.940. The van der Waals surface area contributed by atoms with Crippen LogP contribution in [0.15, 0.2) is 22.7 Å². The number of benzene rings is 1. The van der Waals surface area contributed by atoms with E-state index in [-0.39, 0.29) is 16.1 Å². The molecule has 0 aliphatic rings. The van der Waals surface area contributed by atoms with Gasteiger partial charge in [-0.1, -0.05) is 48.7 Å². The lowest BCUT2D eigenvalue weighted by Gasteiger charge is -2.28. The minimum atomic E-state index is -0.353. The fourth-order valence-corrected chi connectivity index (χ4v) is 2.50. The molecular formula is C14H21BrN2O2. The Morgan fingerprint density at radius 1 is 1.42 bits per heavy atom. The summed E-state index contributed by atoms with van der Waals surface area (Å²) in [6.07, 6.45) is 4.40. The molecule has 0 spiro atoms. The number of rotatable bonds is 7. The van der Waals surface area contributed by atoms with Gasteiger partial charge in [-0.3, -0.25) is 10.1 Å². The maximum Gasteiger partial charge on any atom is 0.273 e. The lowest BCUT2D eigenvalue weighted by Crippen LogP contribution is -2.41. The summed E-state index contributed by atoms with van der Waals surface area (Å²) < 4.78 is 0.718. The molecule has 2 N–H and O–H groups in total. The molecular weight excluding hydrogens is 308 g/mol. The molecule has 0 radical (unpaired) electrons. The molecule has 1 unspecified atom stereocenters. The first-order valence-corrected chi connectivity index (χ1v) is 7.43. The maximum atomic E-state index is 11.1. The highest BCUT2D eigenvalue weighted by Crippen LogP contribution is 2.29. The van der Waals surface area contributed by atoms with Gasteiger partial charge in [0.15, 0.2) is 0 Å². The van der Waals surface area contributed by atoms with Crippen LogP contribution in [0.3, 0.4) is 0 Å². The maximum absolute atomic E-state index is 11.1. The minimum Gasteiger partial charge on any atom is -0.325 e. The third-order valence-corrected chi connectivity index (χ3v) is 4.01. The predicted molar refractivity (Wildman–Crippen MR) is 81.2 cm³/mol. The highest BCUT2D eigenvalue weighted by Gasteiger charge is 2.26. The van der Waals surface area contributed by atoms with E-state index in [1.165, 1.54) is 0 Å². The number of nitrogens with zero attached hydrogens (tertiary/aromatic N) is 1. The van der Waals surface area contributed by atoms with Crippen molar-refractivity contribution in [2.45, 2.75) is 51.5 Å². The van der Waals surface area contributed by atoms with Crippen LogP contribution in [0.5, 0.6) is 0 Å². The van der Waals surface area contributed by atoms with Crippen LogP contribution in [0, 0.1) is 10.1 Å². The number of unbranched alkanes of at least 4 members (excludes halogenated alkanes) is 1. The van der Waals surface area contributed by atoms with Gasteiger partial charge >= 0.3 is 0 Å². The van der Waals surface area contributed by atoms with Crippen LogP contribution < -0.4 is 5.73 Å². The first-order valence-electron chi connectivity index (χ1n) is 6.63. The Labute approximate surface area is 122 Å². The SMILES string of the molecule is CCCCC(N)(CC)Cc1ccc(Br)cc1[N+](=O)[O-]. The Kier molecular flexibility index (Phi) is 5.94. The number of hydrogen-bond donors (Lipinski definition) is 1. The largest absolute Gasteiger partial charge is 0.325 e. The van der Waals surface area contributed by atoms with Gasteiger partial charge in [-0.2, -0.15) is 0 Å². The van der Waals surface area contributed by atoms with Crippen molar-refractivity contribution in [2.24, 2.45) is 5.73 Å². The molecule has 0 saturated heterocycles. The molecule has 0 bridgehead atoms. The fraction of sp³-hybridized carbons (Fsp3) is 0.571. The number of nitro benzene ring substituents is 1. The first-order chi connectivity index (χ1) is 8.91. The average molecular weight is 329 g/mol. The third kappa shape index (κ3) is 4.58. The van der Waals surface area contributed by atoms with Crippen molar-refractivity contribution in [2.75, 3.05) is 0 Å². The van der Waals surface area contributed by atoms with Crippen molar-refractivity contribution < 1.29 is 4.92 Å². The van der Waals surface area contributed by atoms with Crippen molar-refractivity contribution >= 4 is 21.6 Å². The summed E-state index contributed by atoms with van der Waals surface area (Å²) in [7, 11) is 0. The van der Waals surface area contributed by atoms with Crippen molar-refractivity contribution in [3.05, 3.63) is 38.3 Å². The first kappa shape index (κ1) is 16.1. The average Bonchev–Trinajstić information content (AvgIpc) is 2.38. The van der Waals surface area contributed by atoms with Gasteiger partial charge in [-0.25, -0.2) is 0 Å².